The van der Waals surface area contributed by atoms with E-state index in [9.17, 15) is 4.79 Å². The van der Waals surface area contributed by atoms with Crippen molar-refractivity contribution < 1.29 is 4.48 Å². The van der Waals surface area contributed by atoms with E-state index in [0.29, 0.717) is 0 Å². The van der Waals surface area contributed by atoms with Gasteiger partial charge >= 0.3 is 4.87 Å². The van der Waals surface area contributed by atoms with Crippen LogP contribution in [-0.4, -0.2) is 48.8 Å². The molecule has 1 aromatic carbocycles. The molecular formula is C21H34N3OS+. The summed E-state index contributed by atoms with van der Waals surface area (Å²) in [6.07, 6.45) is 9.16. The van der Waals surface area contributed by atoms with E-state index in [1.807, 2.05) is 7.05 Å². The van der Waals surface area contributed by atoms with E-state index < -0.39 is 0 Å². The Balaban J connectivity index is 1.33. The van der Waals surface area contributed by atoms with E-state index in [4.69, 9.17) is 0 Å². The maximum Gasteiger partial charge on any atom is 0.307 e. The van der Waals surface area contributed by atoms with Crippen LogP contribution >= 0.6 is 11.3 Å². The van der Waals surface area contributed by atoms with E-state index in [1.165, 1.54) is 79.5 Å². The van der Waals surface area contributed by atoms with Crippen LogP contribution in [0.4, 0.5) is 0 Å². The standard InChI is InChI=1S/C21H34N3OS/c1-23-19-11-10-18(17-20(19)26-21(23)25)9-5-6-12-22-13-16-24(2)14-7-3-4-8-15-24/h10-11,17,22H,3-9,12-16H2,1-2H3/q+1. The summed E-state index contributed by atoms with van der Waals surface area (Å²) in [6, 6.07) is 6.46. The van der Waals surface area contributed by atoms with Gasteiger partial charge in [0.25, 0.3) is 0 Å². The number of likely N-dealkylation sites (N-methyl/N-ethyl adjacent to an activating group) is 1. The van der Waals surface area contributed by atoms with Crippen LogP contribution in [0.2, 0.25) is 0 Å². The van der Waals surface area contributed by atoms with Crippen LogP contribution in [0.15, 0.2) is 23.0 Å². The highest BCUT2D eigenvalue weighted by Crippen LogP contribution is 2.19. The topological polar surface area (TPSA) is 34.0 Å². The highest BCUT2D eigenvalue weighted by atomic mass is 32.1. The molecule has 26 heavy (non-hydrogen) atoms. The molecule has 0 aliphatic carbocycles. The van der Waals surface area contributed by atoms with Gasteiger partial charge in [-0.05, 0) is 69.2 Å². The first kappa shape index (κ1) is 19.6. The first-order valence-corrected chi connectivity index (χ1v) is 11.0. The van der Waals surface area contributed by atoms with Crippen molar-refractivity contribution in [3.63, 3.8) is 0 Å². The van der Waals surface area contributed by atoms with Gasteiger partial charge in [-0.2, -0.15) is 0 Å². The van der Waals surface area contributed by atoms with E-state index in [-0.39, 0.29) is 4.87 Å². The minimum Gasteiger partial charge on any atom is -0.325 e. The maximum absolute atomic E-state index is 11.7. The van der Waals surface area contributed by atoms with E-state index in [1.54, 1.807) is 4.57 Å². The molecule has 0 radical (unpaired) electrons. The first-order valence-electron chi connectivity index (χ1n) is 10.2. The van der Waals surface area contributed by atoms with Gasteiger partial charge in [0.05, 0.1) is 36.9 Å². The molecule has 1 aliphatic heterocycles. The average Bonchev–Trinajstić information content (AvgIpc) is 2.78. The van der Waals surface area contributed by atoms with Gasteiger partial charge in [0, 0.05) is 13.6 Å². The van der Waals surface area contributed by atoms with Gasteiger partial charge in [0.15, 0.2) is 0 Å². The predicted molar refractivity (Wildman–Crippen MR) is 112 cm³/mol. The number of fused-ring (bicyclic) bond motifs is 1. The summed E-state index contributed by atoms with van der Waals surface area (Å²) < 4.78 is 4.11. The Bertz CT molecular complexity index is 756. The normalized spacial score (nSPS) is 17.5. The number of rotatable bonds is 8. The minimum atomic E-state index is 0.127. The summed E-state index contributed by atoms with van der Waals surface area (Å²) in [5, 5.41) is 3.65. The second-order valence-electron chi connectivity index (χ2n) is 8.14. The molecule has 0 bridgehead atoms. The molecule has 5 heteroatoms. The first-order chi connectivity index (χ1) is 12.6. The van der Waals surface area contributed by atoms with Crippen LogP contribution in [0.5, 0.6) is 0 Å². The largest absolute Gasteiger partial charge is 0.325 e. The van der Waals surface area contributed by atoms with Crippen molar-refractivity contribution in [1.82, 2.24) is 9.88 Å². The highest BCUT2D eigenvalue weighted by Gasteiger charge is 2.22. The van der Waals surface area contributed by atoms with Crippen molar-refractivity contribution in [3.05, 3.63) is 33.4 Å². The Morgan fingerprint density at radius 1 is 1.12 bits per heavy atom. The summed E-state index contributed by atoms with van der Waals surface area (Å²) in [5.74, 6) is 0. The molecule has 0 atom stereocenters. The third-order valence-electron chi connectivity index (χ3n) is 5.90. The quantitative estimate of drug-likeness (QED) is 0.565. The van der Waals surface area contributed by atoms with Crippen molar-refractivity contribution in [2.75, 3.05) is 39.8 Å². The SMILES string of the molecule is Cn1c(=O)sc2cc(CCCCNCC[N+]3(C)CCCCCC3)ccc21. The van der Waals surface area contributed by atoms with Crippen molar-refractivity contribution >= 4 is 21.6 Å². The number of hydrogen-bond acceptors (Lipinski definition) is 3. The van der Waals surface area contributed by atoms with Gasteiger partial charge < -0.3 is 14.4 Å². The van der Waals surface area contributed by atoms with E-state index >= 15 is 0 Å². The van der Waals surface area contributed by atoms with Crippen LogP contribution < -0.4 is 10.2 Å². The predicted octanol–water partition coefficient (Wildman–Crippen LogP) is 3.53. The van der Waals surface area contributed by atoms with Gasteiger partial charge in [0.1, 0.15) is 0 Å². The van der Waals surface area contributed by atoms with Crippen molar-refractivity contribution in [2.45, 2.75) is 44.9 Å². The molecule has 1 fully saturated rings. The van der Waals surface area contributed by atoms with Crippen LogP contribution in [0.25, 0.3) is 10.2 Å². The molecule has 1 aromatic heterocycles. The molecule has 0 spiro atoms. The zero-order chi connectivity index (χ0) is 18.4. The third-order valence-corrected chi connectivity index (χ3v) is 6.90. The molecule has 0 saturated carbocycles. The van der Waals surface area contributed by atoms with Crippen LogP contribution in [-0.2, 0) is 13.5 Å². The third kappa shape index (κ3) is 5.18. The zero-order valence-electron chi connectivity index (χ0n) is 16.4. The fourth-order valence-corrected chi connectivity index (χ4v) is 5.01. The number of hydrogen-bond donors (Lipinski definition) is 1. The van der Waals surface area contributed by atoms with Gasteiger partial charge in [-0.15, -0.1) is 0 Å². The molecule has 1 N–H and O–H groups in total. The molecule has 2 aromatic rings. The lowest BCUT2D eigenvalue weighted by atomic mass is 10.1. The number of thiazole rings is 1. The molecule has 3 rings (SSSR count). The maximum atomic E-state index is 11.7. The van der Waals surface area contributed by atoms with Gasteiger partial charge in [-0.3, -0.25) is 4.79 Å². The van der Waals surface area contributed by atoms with Crippen molar-refractivity contribution in [3.8, 4) is 0 Å². The minimum absolute atomic E-state index is 0.127. The Hall–Kier alpha value is -1.17. The number of benzene rings is 1. The Morgan fingerprint density at radius 3 is 2.65 bits per heavy atom. The van der Waals surface area contributed by atoms with Crippen molar-refractivity contribution in [2.24, 2.45) is 7.05 Å². The van der Waals surface area contributed by atoms with Gasteiger partial charge in [-0.1, -0.05) is 17.4 Å². The number of nitrogens with one attached hydrogen (secondary N) is 1. The summed E-state index contributed by atoms with van der Waals surface area (Å²) in [6.45, 7) is 6.23. The lowest BCUT2D eigenvalue weighted by molar-refractivity contribution is -0.907. The van der Waals surface area contributed by atoms with E-state index in [0.717, 1.165) is 29.7 Å². The Morgan fingerprint density at radius 2 is 1.88 bits per heavy atom. The van der Waals surface area contributed by atoms with E-state index in [2.05, 4.69) is 30.6 Å². The molecule has 0 amide bonds. The molecule has 144 valence electrons. The molecular weight excluding hydrogens is 342 g/mol. The second kappa shape index (κ2) is 9.16. The van der Waals surface area contributed by atoms with Crippen LogP contribution in [0, 0.1) is 0 Å². The lowest BCUT2D eigenvalue weighted by Crippen LogP contribution is -2.48. The Kier molecular flexibility index (Phi) is 6.90. The number of likely N-dealkylation sites (tertiary alicyclic amines) is 1. The average molecular weight is 377 g/mol. The number of quaternary nitrogens is 1. The van der Waals surface area contributed by atoms with Crippen LogP contribution in [0.3, 0.4) is 0 Å². The van der Waals surface area contributed by atoms with Gasteiger partial charge in [-0.25, -0.2) is 0 Å². The number of unbranched alkanes of at least 4 members (excludes halogenated alkanes) is 1. The summed E-state index contributed by atoms with van der Waals surface area (Å²) >= 11 is 1.35. The molecule has 2 heterocycles. The monoisotopic (exact) mass is 376 g/mol. The highest BCUT2D eigenvalue weighted by molar-refractivity contribution is 7.16. The number of nitrogens with zero attached hydrogens (tertiary/aromatic N) is 2. The molecule has 1 aliphatic rings. The number of aryl methyl sites for hydroxylation is 2. The van der Waals surface area contributed by atoms with Crippen LogP contribution in [0.1, 0.15) is 44.1 Å². The molecule has 0 unspecified atom stereocenters. The van der Waals surface area contributed by atoms with Gasteiger partial charge in [0.2, 0.25) is 0 Å². The second-order valence-corrected chi connectivity index (χ2v) is 9.13. The summed E-state index contributed by atoms with van der Waals surface area (Å²) in [4.78, 5) is 11.9. The summed E-state index contributed by atoms with van der Waals surface area (Å²) in [7, 11) is 4.28. The summed E-state index contributed by atoms with van der Waals surface area (Å²) in [5.41, 5.74) is 2.40. The Labute approximate surface area is 161 Å². The number of aromatic nitrogens is 1. The lowest BCUT2D eigenvalue weighted by Gasteiger charge is -2.33. The fraction of sp³-hybridized carbons (Fsp3) is 0.667. The zero-order valence-corrected chi connectivity index (χ0v) is 17.2. The fourth-order valence-electron chi connectivity index (χ4n) is 4.06. The van der Waals surface area contributed by atoms with Crippen molar-refractivity contribution in [1.29, 1.82) is 0 Å². The molecule has 1 saturated heterocycles. The smallest absolute Gasteiger partial charge is 0.307 e. The molecule has 4 nitrogen and oxygen atoms in total.